The largest absolute Gasteiger partial charge is 0.492 e. The zero-order valence-electron chi connectivity index (χ0n) is 11.1. The Hall–Kier alpha value is -1.06. The Morgan fingerprint density at radius 3 is 2.89 bits per heavy atom. The van der Waals surface area contributed by atoms with Crippen molar-refractivity contribution in [1.82, 2.24) is 5.32 Å². The van der Waals surface area contributed by atoms with Gasteiger partial charge in [0.05, 0.1) is 11.5 Å². The third-order valence-electron chi connectivity index (χ3n) is 4.35. The summed E-state index contributed by atoms with van der Waals surface area (Å²) in [6.07, 6.45) is 9.18. The summed E-state index contributed by atoms with van der Waals surface area (Å²) in [4.78, 5) is 0. The van der Waals surface area contributed by atoms with Crippen LogP contribution in [0.5, 0.6) is 0 Å². The van der Waals surface area contributed by atoms with Gasteiger partial charge >= 0.3 is 0 Å². The van der Waals surface area contributed by atoms with Crippen molar-refractivity contribution in [2.75, 3.05) is 19.7 Å². The normalized spacial score (nSPS) is 37.6. The van der Waals surface area contributed by atoms with Crippen LogP contribution in [0, 0.1) is 10.8 Å². The molecule has 2 N–H and O–H groups in total. The second-order valence-corrected chi connectivity index (χ2v) is 6.18. The van der Waals surface area contributed by atoms with Gasteiger partial charge in [0.25, 0.3) is 0 Å². The molecule has 1 spiro atoms. The number of nitrogens with one attached hydrogen (secondary N) is 1. The van der Waals surface area contributed by atoms with Crippen molar-refractivity contribution in [3.05, 3.63) is 35.6 Å². The molecular weight excluding hydrogens is 226 g/mol. The van der Waals surface area contributed by atoms with E-state index in [4.69, 9.17) is 4.74 Å². The smallest absolute Gasteiger partial charge is 0.123 e. The maximum atomic E-state index is 10.4. The molecule has 1 saturated heterocycles. The van der Waals surface area contributed by atoms with E-state index in [0.29, 0.717) is 13.2 Å². The molecule has 2 aliphatic heterocycles. The summed E-state index contributed by atoms with van der Waals surface area (Å²) in [5, 5.41) is 13.6. The summed E-state index contributed by atoms with van der Waals surface area (Å²) in [5.74, 6) is 0.942. The van der Waals surface area contributed by atoms with Crippen LogP contribution in [0.2, 0.25) is 0 Å². The lowest BCUT2D eigenvalue weighted by Gasteiger charge is -2.38. The number of ether oxygens (including phenoxy) is 1. The molecule has 2 unspecified atom stereocenters. The van der Waals surface area contributed by atoms with Gasteiger partial charge in [-0.1, -0.05) is 32.1 Å². The maximum Gasteiger partial charge on any atom is 0.123 e. The first-order valence-corrected chi connectivity index (χ1v) is 6.68. The first-order valence-electron chi connectivity index (χ1n) is 6.68. The van der Waals surface area contributed by atoms with Crippen LogP contribution >= 0.6 is 0 Å². The van der Waals surface area contributed by atoms with Crippen molar-refractivity contribution in [3.8, 4) is 0 Å². The van der Waals surface area contributed by atoms with E-state index < -0.39 is 0 Å². The molecule has 2 heterocycles. The van der Waals surface area contributed by atoms with Crippen molar-refractivity contribution >= 4 is 0 Å². The van der Waals surface area contributed by atoms with Gasteiger partial charge in [-0.15, -0.1) is 0 Å². The minimum atomic E-state index is -0.363. The molecule has 98 valence electrons. The molecule has 0 aromatic rings. The van der Waals surface area contributed by atoms with Crippen molar-refractivity contribution in [3.63, 3.8) is 0 Å². The van der Waals surface area contributed by atoms with Gasteiger partial charge in [-0.3, -0.25) is 0 Å². The van der Waals surface area contributed by atoms with Gasteiger partial charge in [-0.05, 0) is 19.0 Å². The topological polar surface area (TPSA) is 41.5 Å². The SMILES string of the molecule is CC1(C)C=CC2=C(C=C1)C1(CCNCC1O)CO2. The highest BCUT2D eigenvalue weighted by molar-refractivity contribution is 5.43. The first-order chi connectivity index (χ1) is 8.54. The number of rotatable bonds is 0. The summed E-state index contributed by atoms with van der Waals surface area (Å²) in [6.45, 7) is 6.55. The van der Waals surface area contributed by atoms with Crippen LogP contribution < -0.4 is 5.32 Å². The fourth-order valence-electron chi connectivity index (χ4n) is 3.03. The maximum absolute atomic E-state index is 10.4. The number of fused-ring (bicyclic) bond motifs is 1. The molecule has 1 aliphatic carbocycles. The Bertz CT molecular complexity index is 447. The van der Waals surface area contributed by atoms with E-state index >= 15 is 0 Å². The van der Waals surface area contributed by atoms with Crippen LogP contribution in [-0.2, 0) is 4.74 Å². The summed E-state index contributed by atoms with van der Waals surface area (Å²) >= 11 is 0. The van der Waals surface area contributed by atoms with Crippen molar-refractivity contribution in [2.45, 2.75) is 26.4 Å². The average Bonchev–Trinajstić information content (AvgIpc) is 2.59. The molecule has 0 saturated carbocycles. The minimum absolute atomic E-state index is 0.0484. The molecule has 3 nitrogen and oxygen atoms in total. The molecule has 0 aromatic heterocycles. The number of hydrogen-bond acceptors (Lipinski definition) is 3. The molecule has 0 bridgehead atoms. The Morgan fingerprint density at radius 1 is 1.33 bits per heavy atom. The van der Waals surface area contributed by atoms with Crippen molar-refractivity contribution < 1.29 is 9.84 Å². The highest BCUT2D eigenvalue weighted by Crippen LogP contribution is 2.46. The quantitative estimate of drug-likeness (QED) is 0.685. The minimum Gasteiger partial charge on any atom is -0.492 e. The molecule has 0 radical (unpaired) electrons. The predicted octanol–water partition coefficient (Wildman–Crippen LogP) is 1.76. The van der Waals surface area contributed by atoms with E-state index in [9.17, 15) is 5.11 Å². The summed E-state index contributed by atoms with van der Waals surface area (Å²) in [7, 11) is 0. The monoisotopic (exact) mass is 247 g/mol. The summed E-state index contributed by atoms with van der Waals surface area (Å²) < 4.78 is 5.85. The van der Waals surface area contributed by atoms with Gasteiger partial charge in [0.2, 0.25) is 0 Å². The van der Waals surface area contributed by atoms with Gasteiger partial charge in [0, 0.05) is 17.5 Å². The summed E-state index contributed by atoms with van der Waals surface area (Å²) in [6, 6.07) is 0. The van der Waals surface area contributed by atoms with E-state index in [1.165, 1.54) is 5.57 Å². The lowest BCUT2D eigenvalue weighted by Crippen LogP contribution is -2.50. The summed E-state index contributed by atoms with van der Waals surface area (Å²) in [5.41, 5.74) is 1.02. The van der Waals surface area contributed by atoms with E-state index in [1.54, 1.807) is 0 Å². The van der Waals surface area contributed by atoms with Crippen LogP contribution in [0.1, 0.15) is 20.3 Å². The number of aliphatic hydroxyl groups is 1. The van der Waals surface area contributed by atoms with Gasteiger partial charge in [-0.2, -0.15) is 0 Å². The number of piperidine rings is 1. The molecule has 0 amide bonds. The van der Waals surface area contributed by atoms with Gasteiger partial charge in [0.1, 0.15) is 12.4 Å². The van der Waals surface area contributed by atoms with E-state index in [-0.39, 0.29) is 16.9 Å². The van der Waals surface area contributed by atoms with E-state index in [1.807, 2.05) is 0 Å². The standard InChI is InChI=1S/C15H21NO2/c1-14(2)5-3-11-12(4-6-14)18-10-15(11)7-8-16-9-13(15)17/h3-6,13,16-17H,7-10H2,1-2H3. The Morgan fingerprint density at radius 2 is 2.11 bits per heavy atom. The van der Waals surface area contributed by atoms with Gasteiger partial charge in [0.15, 0.2) is 0 Å². The van der Waals surface area contributed by atoms with Crippen molar-refractivity contribution in [1.29, 1.82) is 0 Å². The van der Waals surface area contributed by atoms with Crippen LogP contribution in [0.15, 0.2) is 35.6 Å². The molecule has 18 heavy (non-hydrogen) atoms. The Labute approximate surface area is 108 Å². The highest BCUT2D eigenvalue weighted by atomic mass is 16.5. The Kier molecular flexibility index (Phi) is 2.65. The average molecular weight is 247 g/mol. The first kappa shape index (κ1) is 12.0. The van der Waals surface area contributed by atoms with Crippen molar-refractivity contribution in [2.24, 2.45) is 10.8 Å². The molecule has 3 heteroatoms. The molecule has 3 aliphatic rings. The molecule has 3 rings (SSSR count). The van der Waals surface area contributed by atoms with Crippen LogP contribution in [-0.4, -0.2) is 30.9 Å². The van der Waals surface area contributed by atoms with E-state index in [2.05, 4.69) is 43.5 Å². The Balaban J connectivity index is 2.01. The predicted molar refractivity (Wildman–Crippen MR) is 71.0 cm³/mol. The molecule has 2 atom stereocenters. The second kappa shape index (κ2) is 3.97. The third kappa shape index (κ3) is 1.73. The van der Waals surface area contributed by atoms with Gasteiger partial charge in [-0.25, -0.2) is 0 Å². The van der Waals surface area contributed by atoms with Crippen LogP contribution in [0.25, 0.3) is 0 Å². The molecule has 1 fully saturated rings. The number of aliphatic hydroxyl groups excluding tert-OH is 1. The van der Waals surface area contributed by atoms with Crippen LogP contribution in [0.4, 0.5) is 0 Å². The number of allylic oxidation sites excluding steroid dienone is 4. The zero-order valence-corrected chi connectivity index (χ0v) is 11.1. The second-order valence-electron chi connectivity index (χ2n) is 6.18. The fourth-order valence-corrected chi connectivity index (χ4v) is 3.03. The van der Waals surface area contributed by atoms with Gasteiger partial charge < -0.3 is 15.2 Å². The molecular formula is C15H21NO2. The lowest BCUT2D eigenvalue weighted by molar-refractivity contribution is 0.00275. The van der Waals surface area contributed by atoms with E-state index in [0.717, 1.165) is 18.7 Å². The third-order valence-corrected chi connectivity index (χ3v) is 4.35. The molecule has 0 aromatic carbocycles. The number of β-amino-alcohol motifs (C(OH)–C–C–N with tert-alkyl or cyclic N) is 1. The zero-order chi connectivity index (χ0) is 12.8. The lowest BCUT2D eigenvalue weighted by atomic mass is 9.71. The fraction of sp³-hybridized carbons (Fsp3) is 0.600. The highest BCUT2D eigenvalue weighted by Gasteiger charge is 2.48. The van der Waals surface area contributed by atoms with Crippen LogP contribution in [0.3, 0.4) is 0 Å². The number of hydrogen-bond donors (Lipinski definition) is 2.